The Labute approximate surface area is 201 Å². The van der Waals surface area contributed by atoms with Crippen LogP contribution in [0.2, 0.25) is 13.1 Å². The fourth-order valence-corrected chi connectivity index (χ4v) is 4.86. The fraction of sp³-hybridized carbons (Fsp3) is 0.500. The maximum Gasteiger partial charge on any atom is 0.255 e. The predicted octanol–water partition coefficient (Wildman–Crippen LogP) is 6.83. The van der Waals surface area contributed by atoms with Crippen molar-refractivity contribution in [2.45, 2.75) is 91.9 Å². The number of pyridine rings is 1. The zero-order valence-corrected chi connectivity index (χ0v) is 21.7. The van der Waals surface area contributed by atoms with Crippen molar-refractivity contribution in [3.05, 3.63) is 59.3 Å². The van der Waals surface area contributed by atoms with Crippen LogP contribution in [0.25, 0.3) is 17.0 Å². The van der Waals surface area contributed by atoms with Gasteiger partial charge in [0.15, 0.2) is 0 Å². The Morgan fingerprint density at radius 1 is 1.09 bits per heavy atom. The SMILES string of the molecule is CCCC(C)(CC)NC(=O)c1cc(C2=CCB(C)N2C(C)(C)C)nc(-c2ccc(C)cc2)c1. The third-order valence-electron chi connectivity index (χ3n) is 6.77. The number of amides is 1. The Balaban J connectivity index is 2.09. The molecule has 0 spiro atoms. The Bertz CT molecular complexity index is 1020. The summed E-state index contributed by atoms with van der Waals surface area (Å²) in [6, 6.07) is 12.3. The van der Waals surface area contributed by atoms with E-state index in [1.807, 2.05) is 12.1 Å². The number of carbonyl (C=O) groups excluding carboxylic acids is 1. The Kier molecular flexibility index (Phi) is 7.40. The van der Waals surface area contributed by atoms with Gasteiger partial charge in [0.1, 0.15) is 0 Å². The summed E-state index contributed by atoms with van der Waals surface area (Å²) in [5, 5.41) is 3.32. The molecule has 1 atom stereocenters. The maximum atomic E-state index is 13.5. The van der Waals surface area contributed by atoms with Crippen molar-refractivity contribution in [2.24, 2.45) is 0 Å². The van der Waals surface area contributed by atoms with Gasteiger partial charge in [-0.3, -0.25) is 4.79 Å². The minimum absolute atomic E-state index is 0.0289. The van der Waals surface area contributed by atoms with Crippen LogP contribution in [0, 0.1) is 6.92 Å². The molecule has 1 N–H and O–H groups in total. The van der Waals surface area contributed by atoms with Crippen molar-refractivity contribution in [1.82, 2.24) is 15.1 Å². The minimum atomic E-state index is -0.210. The van der Waals surface area contributed by atoms with Crippen molar-refractivity contribution in [1.29, 1.82) is 0 Å². The average Bonchev–Trinajstić information content (AvgIpc) is 3.16. The molecule has 1 aromatic carbocycles. The highest BCUT2D eigenvalue weighted by molar-refractivity contribution is 6.58. The van der Waals surface area contributed by atoms with Crippen molar-refractivity contribution in [3.63, 3.8) is 0 Å². The van der Waals surface area contributed by atoms with Gasteiger partial charge >= 0.3 is 0 Å². The first-order valence-electron chi connectivity index (χ1n) is 12.4. The molecule has 0 saturated carbocycles. The van der Waals surface area contributed by atoms with Crippen LogP contribution in [0.3, 0.4) is 0 Å². The number of nitrogens with one attached hydrogen (secondary N) is 1. The minimum Gasteiger partial charge on any atom is -0.409 e. The number of aryl methyl sites for hydroxylation is 1. The maximum absolute atomic E-state index is 13.5. The summed E-state index contributed by atoms with van der Waals surface area (Å²) in [5.74, 6) is -0.0289. The van der Waals surface area contributed by atoms with Crippen LogP contribution in [-0.2, 0) is 0 Å². The molecule has 1 unspecified atom stereocenters. The van der Waals surface area contributed by atoms with E-state index in [1.165, 1.54) is 5.56 Å². The molecular formula is C28H40BN3O. The molecule has 176 valence electrons. The molecule has 3 rings (SSSR count). The number of nitrogens with zero attached hydrogens (tertiary/aromatic N) is 2. The highest BCUT2D eigenvalue weighted by atomic mass is 16.1. The molecule has 4 nitrogen and oxygen atoms in total. The lowest BCUT2D eigenvalue weighted by atomic mass is 9.60. The first-order valence-corrected chi connectivity index (χ1v) is 12.4. The Morgan fingerprint density at radius 2 is 1.73 bits per heavy atom. The van der Waals surface area contributed by atoms with Crippen molar-refractivity contribution >= 4 is 18.5 Å². The summed E-state index contributed by atoms with van der Waals surface area (Å²) in [5.41, 5.74) is 5.47. The molecule has 0 bridgehead atoms. The van der Waals surface area contributed by atoms with E-state index in [2.05, 4.69) is 95.8 Å². The molecule has 2 heterocycles. The number of carbonyl (C=O) groups is 1. The summed E-state index contributed by atoms with van der Waals surface area (Å²) in [7, 11) is 0. The standard InChI is InChI=1S/C28H40BN3O/c1-9-16-28(7,10-2)31-26(33)22-18-23(21-13-11-20(3)12-14-21)30-24(19-22)25-15-17-29(8)32(25)27(4,5)6/h11-15,18-19H,9-10,16-17H2,1-8H3,(H,31,33). The van der Waals surface area contributed by atoms with Gasteiger partial charge in [-0.1, -0.05) is 63.0 Å². The number of allylic oxidation sites excluding steroid dienone is 1. The molecule has 2 aromatic rings. The molecule has 0 aliphatic carbocycles. The highest BCUT2D eigenvalue weighted by Gasteiger charge is 2.35. The number of hydrogen-bond acceptors (Lipinski definition) is 3. The second-order valence-corrected chi connectivity index (χ2v) is 10.8. The molecule has 1 aromatic heterocycles. The zero-order valence-electron chi connectivity index (χ0n) is 21.7. The fourth-order valence-electron chi connectivity index (χ4n) is 4.86. The van der Waals surface area contributed by atoms with E-state index in [9.17, 15) is 4.79 Å². The monoisotopic (exact) mass is 445 g/mol. The largest absolute Gasteiger partial charge is 0.409 e. The van der Waals surface area contributed by atoms with Crippen molar-refractivity contribution in [3.8, 4) is 11.3 Å². The van der Waals surface area contributed by atoms with Crippen molar-refractivity contribution in [2.75, 3.05) is 0 Å². The third-order valence-corrected chi connectivity index (χ3v) is 6.77. The topological polar surface area (TPSA) is 45.2 Å². The van der Waals surface area contributed by atoms with Crippen LogP contribution in [0.4, 0.5) is 0 Å². The van der Waals surface area contributed by atoms with Crippen molar-refractivity contribution < 1.29 is 4.79 Å². The van der Waals surface area contributed by atoms with Gasteiger partial charge in [-0.05, 0) is 65.9 Å². The molecule has 1 aliphatic rings. The van der Waals surface area contributed by atoms with Crippen LogP contribution in [0.1, 0.15) is 82.4 Å². The van der Waals surface area contributed by atoms with Gasteiger partial charge < -0.3 is 10.1 Å². The molecule has 0 radical (unpaired) electrons. The predicted molar refractivity (Wildman–Crippen MR) is 141 cm³/mol. The lowest BCUT2D eigenvalue weighted by molar-refractivity contribution is 0.0898. The van der Waals surface area contributed by atoms with E-state index in [1.54, 1.807) is 0 Å². The zero-order chi connectivity index (χ0) is 24.4. The van der Waals surface area contributed by atoms with Gasteiger partial charge in [0.05, 0.1) is 11.4 Å². The number of aromatic nitrogens is 1. The quantitative estimate of drug-likeness (QED) is 0.475. The van der Waals surface area contributed by atoms with Crippen LogP contribution < -0.4 is 5.32 Å². The number of rotatable bonds is 7. The molecule has 33 heavy (non-hydrogen) atoms. The third kappa shape index (κ3) is 5.69. The smallest absolute Gasteiger partial charge is 0.255 e. The van der Waals surface area contributed by atoms with Gasteiger partial charge in [0, 0.05) is 27.9 Å². The van der Waals surface area contributed by atoms with Gasteiger partial charge in [-0.25, -0.2) is 4.98 Å². The molecule has 1 amide bonds. The van der Waals surface area contributed by atoms with E-state index in [-0.39, 0.29) is 17.0 Å². The van der Waals surface area contributed by atoms with Crippen LogP contribution in [0.15, 0.2) is 42.5 Å². The first-order chi connectivity index (χ1) is 15.5. The highest BCUT2D eigenvalue weighted by Crippen LogP contribution is 2.36. The summed E-state index contributed by atoms with van der Waals surface area (Å²) in [6.07, 6.45) is 6.14. The van der Waals surface area contributed by atoms with Gasteiger partial charge in [-0.15, -0.1) is 0 Å². The lowest BCUT2D eigenvalue weighted by Gasteiger charge is -2.39. The Hall–Kier alpha value is -2.56. The van der Waals surface area contributed by atoms with Gasteiger partial charge in [-0.2, -0.15) is 0 Å². The van der Waals surface area contributed by atoms with E-state index in [0.717, 1.165) is 48.2 Å². The van der Waals surface area contributed by atoms with E-state index < -0.39 is 0 Å². The molecule has 1 aliphatic heterocycles. The van der Waals surface area contributed by atoms with Gasteiger partial charge in [0.25, 0.3) is 12.8 Å². The number of benzene rings is 1. The summed E-state index contributed by atoms with van der Waals surface area (Å²) >= 11 is 0. The second-order valence-electron chi connectivity index (χ2n) is 10.8. The molecule has 5 heteroatoms. The van der Waals surface area contributed by atoms with E-state index in [4.69, 9.17) is 4.98 Å². The Morgan fingerprint density at radius 3 is 2.30 bits per heavy atom. The normalized spacial score (nSPS) is 15.9. The van der Waals surface area contributed by atoms with Gasteiger partial charge in [0.2, 0.25) is 0 Å². The molecule has 0 fully saturated rings. The lowest BCUT2D eigenvalue weighted by Crippen LogP contribution is -2.46. The van der Waals surface area contributed by atoms with Crippen LogP contribution in [-0.4, -0.2) is 33.6 Å². The number of hydrogen-bond donors (Lipinski definition) is 1. The molecular weight excluding hydrogens is 405 g/mol. The first kappa shape index (κ1) is 25.1. The van der Waals surface area contributed by atoms with Crippen LogP contribution in [0.5, 0.6) is 0 Å². The summed E-state index contributed by atoms with van der Waals surface area (Å²) in [4.78, 5) is 21.0. The van der Waals surface area contributed by atoms with E-state index >= 15 is 0 Å². The summed E-state index contributed by atoms with van der Waals surface area (Å²) < 4.78 is 0. The second kappa shape index (κ2) is 9.74. The summed E-state index contributed by atoms with van der Waals surface area (Å²) in [6.45, 7) is 17.9. The molecule has 0 saturated heterocycles. The van der Waals surface area contributed by atoms with Crippen LogP contribution >= 0.6 is 0 Å². The van der Waals surface area contributed by atoms with E-state index in [0.29, 0.717) is 12.4 Å². The average molecular weight is 445 g/mol.